The Hall–Kier alpha value is -1.36. The molecule has 2 rings (SSSR count). The molecule has 5 nitrogen and oxygen atoms in total. The van der Waals surface area contributed by atoms with E-state index in [1.807, 2.05) is 0 Å². The highest BCUT2D eigenvalue weighted by Crippen LogP contribution is 2.26. The number of nitrogens with zero attached hydrogens (tertiary/aromatic N) is 1. The first-order valence-electron chi connectivity index (χ1n) is 4.21. The summed E-state index contributed by atoms with van der Waals surface area (Å²) in [5.74, 6) is -1.05. The van der Waals surface area contributed by atoms with E-state index in [1.165, 1.54) is 0 Å². The van der Waals surface area contributed by atoms with E-state index < -0.39 is 5.97 Å². The molecule has 0 saturated carbocycles. The van der Waals surface area contributed by atoms with E-state index >= 15 is 0 Å². The van der Waals surface area contributed by atoms with Gasteiger partial charge in [-0.2, -0.15) is 0 Å². The molecule has 2 unspecified atom stereocenters. The normalized spacial score (nSPS) is 27.7. The number of H-pyrrole nitrogens is 1. The van der Waals surface area contributed by atoms with Gasteiger partial charge in [-0.25, -0.2) is 4.98 Å². The highest BCUT2D eigenvalue weighted by molar-refractivity contribution is 5.72. The lowest BCUT2D eigenvalue weighted by atomic mass is 9.94. The van der Waals surface area contributed by atoms with Crippen molar-refractivity contribution in [3.63, 3.8) is 0 Å². The van der Waals surface area contributed by atoms with Crippen LogP contribution in [-0.4, -0.2) is 34.1 Å². The SMILES string of the molecule is O=C(O)C1CNCC1c1cnc[nH]1. The fraction of sp³-hybridized carbons (Fsp3) is 0.500. The molecule has 0 aliphatic carbocycles. The van der Waals surface area contributed by atoms with Gasteiger partial charge in [0.05, 0.1) is 12.2 Å². The highest BCUT2D eigenvalue weighted by Gasteiger charge is 2.34. The van der Waals surface area contributed by atoms with Crippen LogP contribution in [0.2, 0.25) is 0 Å². The van der Waals surface area contributed by atoms with Gasteiger partial charge in [0.2, 0.25) is 0 Å². The van der Waals surface area contributed by atoms with Gasteiger partial charge >= 0.3 is 5.97 Å². The lowest BCUT2D eigenvalue weighted by molar-refractivity contribution is -0.141. The molecular weight excluding hydrogens is 170 g/mol. The maximum absolute atomic E-state index is 10.8. The molecular formula is C8H11N3O2. The molecule has 3 N–H and O–H groups in total. The third-order valence-electron chi connectivity index (χ3n) is 2.45. The maximum atomic E-state index is 10.8. The minimum atomic E-state index is -0.746. The monoisotopic (exact) mass is 181 g/mol. The van der Waals surface area contributed by atoms with Gasteiger partial charge in [-0.1, -0.05) is 0 Å². The molecule has 0 radical (unpaired) electrons. The van der Waals surface area contributed by atoms with Crippen LogP contribution >= 0.6 is 0 Å². The third kappa shape index (κ3) is 1.42. The van der Waals surface area contributed by atoms with Gasteiger partial charge in [0.25, 0.3) is 0 Å². The Bertz CT molecular complexity index is 296. The van der Waals surface area contributed by atoms with E-state index in [-0.39, 0.29) is 11.8 Å². The van der Waals surface area contributed by atoms with Crippen LogP contribution in [0.1, 0.15) is 11.6 Å². The summed E-state index contributed by atoms with van der Waals surface area (Å²) < 4.78 is 0. The van der Waals surface area contributed by atoms with Gasteiger partial charge in [-0.05, 0) is 0 Å². The summed E-state index contributed by atoms with van der Waals surface area (Å²) in [6, 6.07) is 0. The molecule has 1 aliphatic rings. The molecule has 0 bridgehead atoms. The van der Waals surface area contributed by atoms with E-state index in [1.54, 1.807) is 12.5 Å². The fourth-order valence-electron chi connectivity index (χ4n) is 1.73. The minimum absolute atomic E-state index is 0.0278. The molecule has 0 amide bonds. The Labute approximate surface area is 75.2 Å². The highest BCUT2D eigenvalue weighted by atomic mass is 16.4. The summed E-state index contributed by atoms with van der Waals surface area (Å²) in [6.45, 7) is 1.25. The number of aromatic nitrogens is 2. The van der Waals surface area contributed by atoms with E-state index in [0.717, 1.165) is 5.69 Å². The van der Waals surface area contributed by atoms with Gasteiger partial charge in [0.15, 0.2) is 0 Å². The number of rotatable bonds is 2. The van der Waals surface area contributed by atoms with Crippen LogP contribution in [0.5, 0.6) is 0 Å². The van der Waals surface area contributed by atoms with E-state index in [0.29, 0.717) is 13.1 Å². The average Bonchev–Trinajstić information content (AvgIpc) is 2.74. The second-order valence-electron chi connectivity index (χ2n) is 3.22. The zero-order valence-electron chi connectivity index (χ0n) is 7.03. The second kappa shape index (κ2) is 3.18. The van der Waals surface area contributed by atoms with Gasteiger partial charge in [-0.3, -0.25) is 4.79 Å². The predicted molar refractivity (Wildman–Crippen MR) is 45.3 cm³/mol. The molecule has 70 valence electrons. The van der Waals surface area contributed by atoms with Crippen molar-refractivity contribution in [2.75, 3.05) is 13.1 Å². The van der Waals surface area contributed by atoms with Crippen LogP contribution < -0.4 is 5.32 Å². The maximum Gasteiger partial charge on any atom is 0.308 e. The van der Waals surface area contributed by atoms with Gasteiger partial charge in [0, 0.05) is 30.9 Å². The third-order valence-corrected chi connectivity index (χ3v) is 2.45. The smallest absolute Gasteiger partial charge is 0.308 e. The largest absolute Gasteiger partial charge is 0.481 e. The summed E-state index contributed by atoms with van der Waals surface area (Å²) in [5.41, 5.74) is 0.900. The summed E-state index contributed by atoms with van der Waals surface area (Å²) in [5, 5.41) is 12.0. The molecule has 1 aromatic heterocycles. The average molecular weight is 181 g/mol. The van der Waals surface area contributed by atoms with Crippen LogP contribution in [0.4, 0.5) is 0 Å². The van der Waals surface area contributed by atoms with Gasteiger partial charge < -0.3 is 15.4 Å². The van der Waals surface area contributed by atoms with Crippen LogP contribution in [0.25, 0.3) is 0 Å². The molecule has 0 aromatic carbocycles. The Kier molecular flexibility index (Phi) is 2.02. The number of aromatic amines is 1. The van der Waals surface area contributed by atoms with Crippen LogP contribution in [0.3, 0.4) is 0 Å². The number of imidazole rings is 1. The van der Waals surface area contributed by atoms with E-state index in [9.17, 15) is 4.79 Å². The van der Waals surface area contributed by atoms with Crippen molar-refractivity contribution in [3.8, 4) is 0 Å². The van der Waals surface area contributed by atoms with Crippen molar-refractivity contribution in [3.05, 3.63) is 18.2 Å². The summed E-state index contributed by atoms with van der Waals surface area (Å²) >= 11 is 0. The second-order valence-corrected chi connectivity index (χ2v) is 3.22. The summed E-state index contributed by atoms with van der Waals surface area (Å²) in [6.07, 6.45) is 3.26. The summed E-state index contributed by atoms with van der Waals surface area (Å²) in [4.78, 5) is 17.7. The Balaban J connectivity index is 2.19. The van der Waals surface area contributed by atoms with Crippen molar-refractivity contribution in [1.82, 2.24) is 15.3 Å². The first-order chi connectivity index (χ1) is 6.29. The molecule has 1 aromatic rings. The van der Waals surface area contributed by atoms with E-state index in [4.69, 9.17) is 5.11 Å². The molecule has 1 fully saturated rings. The number of nitrogens with one attached hydrogen (secondary N) is 2. The standard InChI is InChI=1S/C8H11N3O2/c12-8(13)6-2-9-1-5(6)7-3-10-4-11-7/h3-6,9H,1-2H2,(H,10,11)(H,12,13). The van der Waals surface area contributed by atoms with Crippen molar-refractivity contribution < 1.29 is 9.90 Å². The van der Waals surface area contributed by atoms with Crippen LogP contribution in [0, 0.1) is 5.92 Å². The Morgan fingerprint density at radius 1 is 1.62 bits per heavy atom. The summed E-state index contributed by atoms with van der Waals surface area (Å²) in [7, 11) is 0. The number of aliphatic carboxylic acids is 1. The van der Waals surface area contributed by atoms with Gasteiger partial charge in [-0.15, -0.1) is 0 Å². The lowest BCUT2D eigenvalue weighted by Gasteiger charge is -2.11. The first-order valence-corrected chi connectivity index (χ1v) is 4.21. The fourth-order valence-corrected chi connectivity index (χ4v) is 1.73. The zero-order chi connectivity index (χ0) is 9.26. The number of carboxylic acid groups (broad SMARTS) is 1. The van der Waals surface area contributed by atoms with Crippen molar-refractivity contribution in [2.24, 2.45) is 5.92 Å². The topological polar surface area (TPSA) is 78.0 Å². The number of hydrogen-bond donors (Lipinski definition) is 3. The van der Waals surface area contributed by atoms with Crippen LogP contribution in [-0.2, 0) is 4.79 Å². The molecule has 13 heavy (non-hydrogen) atoms. The lowest BCUT2D eigenvalue weighted by Crippen LogP contribution is -2.21. The minimum Gasteiger partial charge on any atom is -0.481 e. The number of hydrogen-bond acceptors (Lipinski definition) is 3. The molecule has 1 aliphatic heterocycles. The Morgan fingerprint density at radius 2 is 2.46 bits per heavy atom. The van der Waals surface area contributed by atoms with Crippen LogP contribution in [0.15, 0.2) is 12.5 Å². The van der Waals surface area contributed by atoms with Crippen molar-refractivity contribution in [1.29, 1.82) is 0 Å². The quantitative estimate of drug-likeness (QED) is 0.590. The molecule has 1 saturated heterocycles. The Morgan fingerprint density at radius 3 is 3.08 bits per heavy atom. The first kappa shape index (κ1) is 8.25. The van der Waals surface area contributed by atoms with Gasteiger partial charge in [0.1, 0.15) is 0 Å². The molecule has 2 heterocycles. The number of carboxylic acids is 1. The number of carbonyl (C=O) groups is 1. The molecule has 5 heteroatoms. The predicted octanol–water partition coefficient (Wildman–Crippen LogP) is -0.203. The van der Waals surface area contributed by atoms with Crippen molar-refractivity contribution >= 4 is 5.97 Å². The zero-order valence-corrected chi connectivity index (χ0v) is 7.03. The van der Waals surface area contributed by atoms with E-state index in [2.05, 4.69) is 15.3 Å². The van der Waals surface area contributed by atoms with Crippen molar-refractivity contribution in [2.45, 2.75) is 5.92 Å². The molecule has 0 spiro atoms. The molecule has 2 atom stereocenters.